The quantitative estimate of drug-likeness (QED) is 0.603. The lowest BCUT2D eigenvalue weighted by Crippen LogP contribution is -2.51. The molecule has 11 heteroatoms. The lowest BCUT2D eigenvalue weighted by molar-refractivity contribution is -0.134. The maximum Gasteiger partial charge on any atom is 0.257 e. The topological polar surface area (TPSA) is 85.9 Å². The fraction of sp³-hybridized carbons (Fsp3) is 0.478. The number of thioether (sulfide) groups is 1. The van der Waals surface area contributed by atoms with Crippen LogP contribution in [0.4, 0.5) is 5.13 Å². The minimum Gasteiger partial charge on any atom is -0.340 e. The number of nitrogens with one attached hydrogen (secondary N) is 1. The number of halogens is 1. The molecule has 1 unspecified atom stereocenters. The highest BCUT2D eigenvalue weighted by atomic mass is 35.5. The largest absolute Gasteiger partial charge is 0.340 e. The number of anilines is 1. The molecule has 1 aromatic heterocycles. The van der Waals surface area contributed by atoms with E-state index in [-0.39, 0.29) is 24.1 Å². The number of nitrogens with zero attached hydrogens (tertiary/aromatic N) is 4. The maximum atomic E-state index is 12.8. The number of piperazine rings is 1. The predicted molar refractivity (Wildman–Crippen MR) is 137 cm³/mol. The van der Waals surface area contributed by atoms with Crippen LogP contribution < -0.4 is 5.32 Å². The fourth-order valence-corrected chi connectivity index (χ4v) is 5.58. The molecule has 2 aliphatic rings. The van der Waals surface area contributed by atoms with Gasteiger partial charge in [0.15, 0.2) is 5.13 Å². The molecule has 0 bridgehead atoms. The summed E-state index contributed by atoms with van der Waals surface area (Å²) in [6.07, 6.45) is 3.35. The van der Waals surface area contributed by atoms with Crippen molar-refractivity contribution >= 4 is 57.6 Å². The van der Waals surface area contributed by atoms with Crippen LogP contribution in [0.3, 0.4) is 0 Å². The number of hydrogen-bond acceptors (Lipinski definition) is 7. The molecule has 1 aromatic carbocycles. The van der Waals surface area contributed by atoms with Gasteiger partial charge in [-0.25, -0.2) is 4.98 Å². The molecule has 0 aliphatic carbocycles. The summed E-state index contributed by atoms with van der Waals surface area (Å²) in [6.45, 7) is 4.69. The molecule has 0 saturated carbocycles. The van der Waals surface area contributed by atoms with Gasteiger partial charge in [0.2, 0.25) is 11.8 Å². The molecule has 1 N–H and O–H groups in total. The van der Waals surface area contributed by atoms with Crippen LogP contribution in [0, 0.1) is 0 Å². The first kappa shape index (κ1) is 25.0. The zero-order valence-electron chi connectivity index (χ0n) is 19.0. The molecule has 0 radical (unpaired) electrons. The van der Waals surface area contributed by atoms with E-state index in [1.54, 1.807) is 29.6 Å². The molecule has 3 heterocycles. The standard InChI is InChI=1S/C23H28ClN5O3S2/c1-33-19-6-7-29(13-19)21(31)14-27-8-10-28(11-9-27)20(30)12-18-15-34-23(25-18)26-22(32)16-2-4-17(24)5-3-16/h2-5,15,19H,6-14H2,1H3,(H,25,26,32). The maximum absolute atomic E-state index is 12.8. The smallest absolute Gasteiger partial charge is 0.257 e. The summed E-state index contributed by atoms with van der Waals surface area (Å²) in [4.78, 5) is 48.0. The Bertz CT molecular complexity index is 1020. The number of carbonyl (C=O) groups excluding carboxylic acids is 3. The van der Waals surface area contributed by atoms with Crippen molar-refractivity contribution in [1.82, 2.24) is 19.7 Å². The van der Waals surface area contributed by atoms with E-state index < -0.39 is 0 Å². The van der Waals surface area contributed by atoms with E-state index in [9.17, 15) is 14.4 Å². The highest BCUT2D eigenvalue weighted by Crippen LogP contribution is 2.21. The number of rotatable bonds is 7. The summed E-state index contributed by atoms with van der Waals surface area (Å²) in [5.41, 5.74) is 1.12. The number of hydrogen-bond donors (Lipinski definition) is 1. The summed E-state index contributed by atoms with van der Waals surface area (Å²) >= 11 is 8.98. The summed E-state index contributed by atoms with van der Waals surface area (Å²) in [5, 5.41) is 6.13. The van der Waals surface area contributed by atoms with Crippen molar-refractivity contribution in [2.24, 2.45) is 0 Å². The normalized spacial score (nSPS) is 18.8. The van der Waals surface area contributed by atoms with Gasteiger partial charge < -0.3 is 9.80 Å². The molecule has 1 atom stereocenters. The van der Waals surface area contributed by atoms with Gasteiger partial charge in [-0.05, 0) is 36.9 Å². The number of benzene rings is 1. The summed E-state index contributed by atoms with van der Waals surface area (Å²) in [7, 11) is 0. The monoisotopic (exact) mass is 521 g/mol. The van der Waals surface area contributed by atoms with E-state index in [0.717, 1.165) is 19.5 Å². The second-order valence-corrected chi connectivity index (χ2v) is 10.9. The molecule has 34 heavy (non-hydrogen) atoms. The van der Waals surface area contributed by atoms with Crippen LogP contribution in [-0.2, 0) is 16.0 Å². The molecule has 2 aromatic rings. The SMILES string of the molecule is CSC1CCN(C(=O)CN2CCN(C(=O)Cc3csc(NC(=O)c4ccc(Cl)cc4)n3)CC2)C1. The Hall–Kier alpha value is -2.14. The van der Waals surface area contributed by atoms with Crippen LogP contribution in [0.2, 0.25) is 5.02 Å². The third kappa shape index (κ3) is 6.50. The van der Waals surface area contributed by atoms with Crippen LogP contribution in [0.15, 0.2) is 29.6 Å². The highest BCUT2D eigenvalue weighted by molar-refractivity contribution is 7.99. The molecule has 182 valence electrons. The highest BCUT2D eigenvalue weighted by Gasteiger charge is 2.28. The molecular weight excluding hydrogens is 494 g/mol. The Labute approximate surface area is 212 Å². The Morgan fingerprint density at radius 1 is 1.09 bits per heavy atom. The van der Waals surface area contributed by atoms with Gasteiger partial charge in [0.1, 0.15) is 0 Å². The van der Waals surface area contributed by atoms with Gasteiger partial charge in [-0.1, -0.05) is 11.6 Å². The predicted octanol–water partition coefficient (Wildman–Crippen LogP) is 2.70. The van der Waals surface area contributed by atoms with Crippen LogP contribution in [0.1, 0.15) is 22.5 Å². The van der Waals surface area contributed by atoms with Gasteiger partial charge >= 0.3 is 0 Å². The first-order valence-electron chi connectivity index (χ1n) is 11.2. The van der Waals surface area contributed by atoms with Gasteiger partial charge in [-0.2, -0.15) is 11.8 Å². The van der Waals surface area contributed by atoms with E-state index in [1.165, 1.54) is 11.3 Å². The van der Waals surface area contributed by atoms with Crippen molar-refractivity contribution in [3.63, 3.8) is 0 Å². The Morgan fingerprint density at radius 2 is 1.82 bits per heavy atom. The van der Waals surface area contributed by atoms with E-state index in [1.807, 2.05) is 21.6 Å². The summed E-state index contributed by atoms with van der Waals surface area (Å²) < 4.78 is 0. The van der Waals surface area contributed by atoms with E-state index in [2.05, 4.69) is 21.5 Å². The fourth-order valence-electron chi connectivity index (χ4n) is 4.08. The third-order valence-corrected chi connectivity index (χ3v) is 8.24. The summed E-state index contributed by atoms with van der Waals surface area (Å²) in [6, 6.07) is 6.61. The van der Waals surface area contributed by atoms with E-state index in [4.69, 9.17) is 11.6 Å². The van der Waals surface area contributed by atoms with E-state index >= 15 is 0 Å². The third-order valence-electron chi connectivity index (χ3n) is 6.13. The van der Waals surface area contributed by atoms with Crippen molar-refractivity contribution in [2.45, 2.75) is 18.1 Å². The van der Waals surface area contributed by atoms with Crippen molar-refractivity contribution in [2.75, 3.05) is 57.4 Å². The van der Waals surface area contributed by atoms with Crippen LogP contribution >= 0.6 is 34.7 Å². The number of thiazole rings is 1. The molecule has 4 rings (SSSR count). The molecule has 2 fully saturated rings. The Morgan fingerprint density at radius 3 is 2.50 bits per heavy atom. The molecule has 8 nitrogen and oxygen atoms in total. The average molecular weight is 522 g/mol. The van der Waals surface area contributed by atoms with Crippen LogP contribution in [0.5, 0.6) is 0 Å². The lowest BCUT2D eigenvalue weighted by atomic mass is 10.2. The molecule has 0 spiro atoms. The zero-order valence-corrected chi connectivity index (χ0v) is 21.4. The van der Waals surface area contributed by atoms with Crippen molar-refractivity contribution in [3.05, 3.63) is 45.9 Å². The molecule has 2 aliphatic heterocycles. The minimum absolute atomic E-state index is 0.00853. The number of likely N-dealkylation sites (tertiary alicyclic amines) is 1. The second-order valence-electron chi connectivity index (χ2n) is 8.42. The van der Waals surface area contributed by atoms with Gasteiger partial charge in [0.25, 0.3) is 5.91 Å². The van der Waals surface area contributed by atoms with E-state index in [0.29, 0.717) is 59.4 Å². The number of aromatic nitrogens is 1. The van der Waals surface area contributed by atoms with Crippen molar-refractivity contribution < 1.29 is 14.4 Å². The summed E-state index contributed by atoms with van der Waals surface area (Å²) in [5.74, 6) is -0.0753. The number of amides is 3. The van der Waals surface area contributed by atoms with Gasteiger partial charge in [0.05, 0.1) is 18.7 Å². The average Bonchev–Trinajstić information content (AvgIpc) is 3.49. The molecule has 2 saturated heterocycles. The number of carbonyl (C=O) groups is 3. The lowest BCUT2D eigenvalue weighted by Gasteiger charge is -2.35. The minimum atomic E-state index is -0.271. The van der Waals surface area contributed by atoms with Crippen molar-refractivity contribution in [3.8, 4) is 0 Å². The zero-order chi connectivity index (χ0) is 24.1. The molecular formula is C23H28ClN5O3S2. The second kappa shape index (κ2) is 11.5. The molecule has 3 amide bonds. The van der Waals surface area contributed by atoms with Gasteiger partial charge in [-0.3, -0.25) is 24.6 Å². The van der Waals surface area contributed by atoms with Crippen molar-refractivity contribution in [1.29, 1.82) is 0 Å². The Kier molecular flexibility index (Phi) is 8.46. The van der Waals surface area contributed by atoms with Crippen LogP contribution in [-0.4, -0.2) is 94.7 Å². The van der Waals surface area contributed by atoms with Gasteiger partial charge in [-0.15, -0.1) is 11.3 Å². The van der Waals surface area contributed by atoms with Gasteiger partial charge in [0, 0.05) is 60.5 Å². The first-order chi connectivity index (χ1) is 16.4. The Balaban J connectivity index is 1.21. The van der Waals surface area contributed by atoms with Crippen LogP contribution in [0.25, 0.3) is 0 Å². The first-order valence-corrected chi connectivity index (χ1v) is 13.8.